The second-order valence-electron chi connectivity index (χ2n) is 5.08. The smallest absolute Gasteiger partial charge is 0.123 e. The minimum atomic E-state index is -0.160. The van der Waals surface area contributed by atoms with E-state index in [1.54, 1.807) is 12.1 Å². The molecule has 0 amide bonds. The van der Waals surface area contributed by atoms with Gasteiger partial charge in [-0.3, -0.25) is 4.90 Å². The molecule has 1 saturated carbocycles. The molecule has 0 spiro atoms. The van der Waals surface area contributed by atoms with Crippen molar-refractivity contribution in [1.29, 1.82) is 0 Å². The summed E-state index contributed by atoms with van der Waals surface area (Å²) in [5.41, 5.74) is 7.26. The summed E-state index contributed by atoms with van der Waals surface area (Å²) in [4.78, 5) is 2.38. The first kappa shape index (κ1) is 10.2. The number of nitrogens with two attached hydrogens (primary N) is 1. The molecule has 1 aromatic carbocycles. The van der Waals surface area contributed by atoms with Crippen LogP contribution in [-0.2, 0) is 0 Å². The molecule has 1 aromatic rings. The molecule has 1 heterocycles. The maximum Gasteiger partial charge on any atom is 0.123 e. The lowest BCUT2D eigenvalue weighted by molar-refractivity contribution is 0.0929. The van der Waals surface area contributed by atoms with Crippen molar-refractivity contribution in [2.75, 3.05) is 13.1 Å². The predicted molar refractivity (Wildman–Crippen MR) is 61.5 cm³/mol. The van der Waals surface area contributed by atoms with Gasteiger partial charge in [0.25, 0.3) is 0 Å². The van der Waals surface area contributed by atoms with E-state index in [9.17, 15) is 4.39 Å². The third-order valence-corrected chi connectivity index (χ3v) is 3.79. The zero-order valence-corrected chi connectivity index (χ0v) is 9.32. The molecule has 3 heteroatoms. The predicted octanol–water partition coefficient (Wildman–Crippen LogP) is 2.06. The maximum absolute atomic E-state index is 13.3. The summed E-state index contributed by atoms with van der Waals surface area (Å²) in [5.74, 6) is -0.160. The number of benzene rings is 1. The van der Waals surface area contributed by atoms with E-state index in [-0.39, 0.29) is 17.4 Å². The number of hydrogen-bond acceptors (Lipinski definition) is 2. The molecule has 1 saturated heterocycles. The van der Waals surface area contributed by atoms with E-state index in [0.717, 1.165) is 31.5 Å². The molecule has 1 aliphatic carbocycles. The molecule has 2 nitrogen and oxygen atoms in total. The van der Waals surface area contributed by atoms with E-state index >= 15 is 0 Å². The van der Waals surface area contributed by atoms with Crippen molar-refractivity contribution in [2.45, 2.75) is 30.8 Å². The second-order valence-corrected chi connectivity index (χ2v) is 5.08. The lowest BCUT2D eigenvalue weighted by Crippen LogP contribution is -2.49. The van der Waals surface area contributed by atoms with E-state index < -0.39 is 0 Å². The normalized spacial score (nSPS) is 24.9. The van der Waals surface area contributed by atoms with Crippen LogP contribution < -0.4 is 5.73 Å². The minimum absolute atomic E-state index is 0.103. The lowest BCUT2D eigenvalue weighted by atomic mass is 9.93. The molecule has 2 N–H and O–H groups in total. The van der Waals surface area contributed by atoms with Gasteiger partial charge in [0.1, 0.15) is 5.82 Å². The van der Waals surface area contributed by atoms with E-state index in [0.29, 0.717) is 0 Å². The van der Waals surface area contributed by atoms with Crippen LogP contribution in [0.25, 0.3) is 0 Å². The number of hydrogen-bond donors (Lipinski definition) is 1. The van der Waals surface area contributed by atoms with Crippen molar-refractivity contribution in [3.05, 3.63) is 35.6 Å². The summed E-state index contributed by atoms with van der Waals surface area (Å²) in [6, 6.07) is 7.13. The second kappa shape index (κ2) is 3.54. The molecule has 3 rings (SSSR count). The molecule has 16 heavy (non-hydrogen) atoms. The van der Waals surface area contributed by atoms with Gasteiger partial charge in [0.05, 0.1) is 6.04 Å². The van der Waals surface area contributed by atoms with E-state index in [4.69, 9.17) is 5.73 Å². The minimum Gasteiger partial charge on any atom is -0.323 e. The van der Waals surface area contributed by atoms with Crippen LogP contribution >= 0.6 is 0 Å². The molecule has 0 aromatic heterocycles. The van der Waals surface area contributed by atoms with E-state index in [1.165, 1.54) is 12.5 Å². The van der Waals surface area contributed by atoms with Gasteiger partial charge in [0, 0.05) is 18.6 Å². The van der Waals surface area contributed by atoms with Crippen molar-refractivity contribution in [3.8, 4) is 0 Å². The highest BCUT2D eigenvalue weighted by atomic mass is 19.1. The Bertz CT molecular complexity index is 397. The highest BCUT2D eigenvalue weighted by Gasteiger charge is 2.49. The van der Waals surface area contributed by atoms with Crippen molar-refractivity contribution in [3.63, 3.8) is 0 Å². The highest BCUT2D eigenvalue weighted by molar-refractivity contribution is 5.28. The Morgan fingerprint density at radius 3 is 2.56 bits per heavy atom. The number of likely N-dealkylation sites (tertiary alicyclic amines) is 1. The number of nitrogens with zero attached hydrogens (tertiary/aromatic N) is 1. The fourth-order valence-corrected chi connectivity index (χ4v) is 2.60. The van der Waals surface area contributed by atoms with Gasteiger partial charge in [0.2, 0.25) is 0 Å². The van der Waals surface area contributed by atoms with Crippen LogP contribution in [0, 0.1) is 5.82 Å². The third-order valence-electron chi connectivity index (χ3n) is 3.79. The summed E-state index contributed by atoms with van der Waals surface area (Å²) in [5, 5.41) is 0. The van der Waals surface area contributed by atoms with Crippen molar-refractivity contribution in [2.24, 2.45) is 5.73 Å². The van der Waals surface area contributed by atoms with Gasteiger partial charge < -0.3 is 5.73 Å². The largest absolute Gasteiger partial charge is 0.323 e. The average Bonchev–Trinajstić information content (AvgIpc) is 2.90. The Kier molecular flexibility index (Phi) is 2.26. The molecule has 86 valence electrons. The zero-order chi connectivity index (χ0) is 11.2. The molecular weight excluding hydrogens is 203 g/mol. The van der Waals surface area contributed by atoms with Crippen LogP contribution in [0.4, 0.5) is 4.39 Å². The Morgan fingerprint density at radius 1 is 1.31 bits per heavy atom. The van der Waals surface area contributed by atoms with Crippen molar-refractivity contribution >= 4 is 0 Å². The van der Waals surface area contributed by atoms with Crippen LogP contribution in [0.3, 0.4) is 0 Å². The van der Waals surface area contributed by atoms with Crippen LogP contribution in [-0.4, -0.2) is 23.5 Å². The maximum atomic E-state index is 13.3. The molecule has 2 fully saturated rings. The first-order chi connectivity index (χ1) is 7.69. The van der Waals surface area contributed by atoms with Gasteiger partial charge in [-0.1, -0.05) is 12.1 Å². The Hall–Kier alpha value is -0.930. The molecule has 1 aliphatic heterocycles. The SMILES string of the molecule is NC1(C(c2cccc(F)c2)N2CCC2)CC1. The highest BCUT2D eigenvalue weighted by Crippen LogP contribution is 2.48. The van der Waals surface area contributed by atoms with Gasteiger partial charge in [-0.25, -0.2) is 4.39 Å². The summed E-state index contributed by atoms with van der Waals surface area (Å²) in [6.45, 7) is 2.19. The average molecular weight is 220 g/mol. The molecule has 1 unspecified atom stereocenters. The Labute approximate surface area is 95.2 Å². The van der Waals surface area contributed by atoms with E-state index in [2.05, 4.69) is 4.90 Å². The number of rotatable bonds is 3. The topological polar surface area (TPSA) is 29.3 Å². The van der Waals surface area contributed by atoms with Gasteiger partial charge in [-0.05, 0) is 37.0 Å². The first-order valence-electron chi connectivity index (χ1n) is 5.97. The molecule has 2 aliphatic rings. The quantitative estimate of drug-likeness (QED) is 0.845. The molecule has 1 atom stereocenters. The molecule has 0 bridgehead atoms. The lowest BCUT2D eigenvalue weighted by Gasteiger charge is -2.42. The summed E-state index contributed by atoms with van der Waals surface area (Å²) < 4.78 is 13.3. The van der Waals surface area contributed by atoms with Crippen LogP contribution in [0.1, 0.15) is 30.9 Å². The van der Waals surface area contributed by atoms with Crippen molar-refractivity contribution < 1.29 is 4.39 Å². The Morgan fingerprint density at radius 2 is 2.06 bits per heavy atom. The number of halogens is 1. The van der Waals surface area contributed by atoms with Crippen molar-refractivity contribution in [1.82, 2.24) is 4.90 Å². The fraction of sp³-hybridized carbons (Fsp3) is 0.538. The van der Waals surface area contributed by atoms with Gasteiger partial charge in [0.15, 0.2) is 0 Å². The summed E-state index contributed by atoms with van der Waals surface area (Å²) >= 11 is 0. The van der Waals surface area contributed by atoms with Crippen LogP contribution in [0.2, 0.25) is 0 Å². The van der Waals surface area contributed by atoms with E-state index in [1.807, 2.05) is 6.07 Å². The summed E-state index contributed by atoms with van der Waals surface area (Å²) in [6.07, 6.45) is 3.36. The first-order valence-corrected chi connectivity index (χ1v) is 5.97. The van der Waals surface area contributed by atoms with Gasteiger partial charge in [-0.15, -0.1) is 0 Å². The van der Waals surface area contributed by atoms with Gasteiger partial charge >= 0.3 is 0 Å². The molecular formula is C13H17FN2. The van der Waals surface area contributed by atoms with Crippen LogP contribution in [0.15, 0.2) is 24.3 Å². The monoisotopic (exact) mass is 220 g/mol. The standard InChI is InChI=1S/C13H17FN2/c14-11-4-1-3-10(9-11)12(13(15)5-6-13)16-7-2-8-16/h1,3-4,9,12H,2,5-8,15H2. The third kappa shape index (κ3) is 1.64. The fourth-order valence-electron chi connectivity index (χ4n) is 2.60. The summed E-state index contributed by atoms with van der Waals surface area (Å²) in [7, 11) is 0. The molecule has 0 radical (unpaired) electrons. The van der Waals surface area contributed by atoms with Gasteiger partial charge in [-0.2, -0.15) is 0 Å². The van der Waals surface area contributed by atoms with Crippen LogP contribution in [0.5, 0.6) is 0 Å². The Balaban J connectivity index is 1.92. The zero-order valence-electron chi connectivity index (χ0n) is 9.32.